The van der Waals surface area contributed by atoms with Gasteiger partial charge in [-0.2, -0.15) is 0 Å². The van der Waals surface area contributed by atoms with E-state index in [2.05, 4.69) is 5.32 Å². The zero-order valence-corrected chi connectivity index (χ0v) is 20.2. The molecule has 0 aromatic heterocycles. The van der Waals surface area contributed by atoms with Crippen LogP contribution in [0.5, 0.6) is 23.0 Å². The SMILES string of the molecule is COc1ccc(C(=O)Nc2ccc(N3CCCN(Cc4ccc5c(c4)OCO5)C3=O)cc2)cc1OC. The van der Waals surface area contributed by atoms with Crippen LogP contribution in [0.15, 0.2) is 60.7 Å². The maximum absolute atomic E-state index is 13.2. The maximum atomic E-state index is 13.2. The van der Waals surface area contributed by atoms with Crippen LogP contribution in [0.4, 0.5) is 16.2 Å². The first-order valence-corrected chi connectivity index (χ1v) is 11.6. The molecule has 3 aromatic carbocycles. The predicted octanol–water partition coefficient (Wildman–Crippen LogP) is 4.52. The standard InChI is InChI=1S/C27H27N3O6/c1-33-22-11-5-19(15-24(22)34-2)26(31)28-20-6-8-21(9-7-20)30-13-3-12-29(27(30)32)16-18-4-10-23-25(14-18)36-17-35-23/h4-11,14-15H,3,12-13,16-17H2,1-2H3,(H,28,31). The summed E-state index contributed by atoms with van der Waals surface area (Å²) in [6.07, 6.45) is 0.855. The quantitative estimate of drug-likeness (QED) is 0.525. The van der Waals surface area contributed by atoms with Crippen LogP contribution in [0.1, 0.15) is 22.3 Å². The van der Waals surface area contributed by atoms with Crippen LogP contribution >= 0.6 is 0 Å². The highest BCUT2D eigenvalue weighted by molar-refractivity contribution is 6.05. The molecule has 5 rings (SSSR count). The summed E-state index contributed by atoms with van der Waals surface area (Å²) in [5.74, 6) is 2.20. The molecule has 1 N–H and O–H groups in total. The zero-order valence-electron chi connectivity index (χ0n) is 20.2. The number of hydrogen-bond acceptors (Lipinski definition) is 6. The molecule has 0 bridgehead atoms. The van der Waals surface area contributed by atoms with E-state index in [-0.39, 0.29) is 18.7 Å². The Morgan fingerprint density at radius 3 is 2.47 bits per heavy atom. The van der Waals surface area contributed by atoms with Gasteiger partial charge in [0.15, 0.2) is 23.0 Å². The van der Waals surface area contributed by atoms with Crippen molar-refractivity contribution in [1.29, 1.82) is 0 Å². The van der Waals surface area contributed by atoms with Crippen LogP contribution in [-0.4, -0.2) is 50.9 Å². The van der Waals surface area contributed by atoms with E-state index in [0.29, 0.717) is 48.1 Å². The second kappa shape index (κ2) is 10.1. The third-order valence-electron chi connectivity index (χ3n) is 6.20. The molecule has 0 spiro atoms. The molecule has 9 heteroatoms. The number of urea groups is 1. The van der Waals surface area contributed by atoms with Gasteiger partial charge in [-0.05, 0) is 66.6 Å². The smallest absolute Gasteiger partial charge is 0.324 e. The van der Waals surface area contributed by atoms with E-state index in [1.54, 1.807) is 42.3 Å². The monoisotopic (exact) mass is 489 g/mol. The Balaban J connectivity index is 1.24. The molecule has 0 saturated carbocycles. The fourth-order valence-electron chi connectivity index (χ4n) is 4.33. The minimum Gasteiger partial charge on any atom is -0.493 e. The maximum Gasteiger partial charge on any atom is 0.324 e. The van der Waals surface area contributed by atoms with E-state index in [4.69, 9.17) is 18.9 Å². The summed E-state index contributed by atoms with van der Waals surface area (Å²) in [6, 6.07) is 17.9. The molecule has 36 heavy (non-hydrogen) atoms. The normalized spacial score (nSPS) is 14.6. The number of anilines is 2. The fourth-order valence-corrected chi connectivity index (χ4v) is 4.33. The van der Waals surface area contributed by atoms with Gasteiger partial charge in [0, 0.05) is 36.6 Å². The minimum absolute atomic E-state index is 0.0546. The second-order valence-corrected chi connectivity index (χ2v) is 8.47. The summed E-state index contributed by atoms with van der Waals surface area (Å²) >= 11 is 0. The van der Waals surface area contributed by atoms with Crippen LogP contribution < -0.4 is 29.2 Å². The number of carbonyl (C=O) groups excluding carboxylic acids is 2. The number of nitrogens with one attached hydrogen (secondary N) is 1. The van der Waals surface area contributed by atoms with E-state index in [1.165, 1.54) is 7.11 Å². The van der Waals surface area contributed by atoms with Crippen molar-refractivity contribution in [2.45, 2.75) is 13.0 Å². The molecule has 0 atom stereocenters. The molecule has 2 aliphatic rings. The van der Waals surface area contributed by atoms with Crippen molar-refractivity contribution in [3.05, 3.63) is 71.8 Å². The number of ether oxygens (including phenoxy) is 4. The van der Waals surface area contributed by atoms with Crippen LogP contribution in [0, 0.1) is 0 Å². The van der Waals surface area contributed by atoms with Crippen molar-refractivity contribution in [3.8, 4) is 23.0 Å². The van der Waals surface area contributed by atoms with E-state index in [9.17, 15) is 9.59 Å². The van der Waals surface area contributed by atoms with Gasteiger partial charge in [0.1, 0.15) is 0 Å². The molecule has 3 amide bonds. The summed E-state index contributed by atoms with van der Waals surface area (Å²) in [6.45, 7) is 2.03. The van der Waals surface area contributed by atoms with Gasteiger partial charge in [-0.3, -0.25) is 9.69 Å². The van der Waals surface area contributed by atoms with Gasteiger partial charge < -0.3 is 29.2 Å². The van der Waals surface area contributed by atoms with Crippen LogP contribution in [0.3, 0.4) is 0 Å². The number of rotatable bonds is 7. The van der Waals surface area contributed by atoms with Gasteiger partial charge in [-0.15, -0.1) is 0 Å². The lowest BCUT2D eigenvalue weighted by atomic mass is 10.1. The van der Waals surface area contributed by atoms with Gasteiger partial charge in [-0.1, -0.05) is 6.07 Å². The van der Waals surface area contributed by atoms with E-state index in [1.807, 2.05) is 35.2 Å². The Labute approximate surface area is 209 Å². The first-order valence-electron chi connectivity index (χ1n) is 11.6. The van der Waals surface area contributed by atoms with Crippen molar-refractivity contribution in [1.82, 2.24) is 4.90 Å². The molecule has 0 aliphatic carbocycles. The van der Waals surface area contributed by atoms with Crippen molar-refractivity contribution in [2.24, 2.45) is 0 Å². The fraction of sp³-hybridized carbons (Fsp3) is 0.259. The first kappa shape index (κ1) is 23.3. The molecule has 3 aromatic rings. The average Bonchev–Trinajstić information content (AvgIpc) is 3.38. The molecule has 2 aliphatic heterocycles. The molecular formula is C27H27N3O6. The van der Waals surface area contributed by atoms with Crippen molar-refractivity contribution < 1.29 is 28.5 Å². The largest absolute Gasteiger partial charge is 0.493 e. The second-order valence-electron chi connectivity index (χ2n) is 8.47. The van der Waals surface area contributed by atoms with E-state index in [0.717, 1.165) is 23.4 Å². The van der Waals surface area contributed by atoms with Crippen molar-refractivity contribution >= 4 is 23.3 Å². The van der Waals surface area contributed by atoms with Crippen molar-refractivity contribution in [2.75, 3.05) is 44.3 Å². The molecule has 1 saturated heterocycles. The number of methoxy groups -OCH3 is 2. The lowest BCUT2D eigenvalue weighted by Gasteiger charge is -2.35. The minimum atomic E-state index is -0.271. The lowest BCUT2D eigenvalue weighted by molar-refractivity contribution is 0.102. The summed E-state index contributed by atoms with van der Waals surface area (Å²) < 4.78 is 21.3. The van der Waals surface area contributed by atoms with E-state index >= 15 is 0 Å². The third-order valence-corrected chi connectivity index (χ3v) is 6.20. The Morgan fingerprint density at radius 1 is 0.917 bits per heavy atom. The predicted molar refractivity (Wildman–Crippen MR) is 134 cm³/mol. The van der Waals surface area contributed by atoms with Gasteiger partial charge in [0.25, 0.3) is 5.91 Å². The summed E-state index contributed by atoms with van der Waals surface area (Å²) in [4.78, 5) is 29.5. The molecular weight excluding hydrogens is 462 g/mol. The highest BCUT2D eigenvalue weighted by Crippen LogP contribution is 2.33. The van der Waals surface area contributed by atoms with E-state index < -0.39 is 0 Å². The van der Waals surface area contributed by atoms with Crippen molar-refractivity contribution in [3.63, 3.8) is 0 Å². The zero-order chi connectivity index (χ0) is 25.1. The Morgan fingerprint density at radius 2 is 1.69 bits per heavy atom. The number of hydrogen-bond donors (Lipinski definition) is 1. The highest BCUT2D eigenvalue weighted by atomic mass is 16.7. The average molecular weight is 490 g/mol. The van der Waals surface area contributed by atoms with Gasteiger partial charge in [0.05, 0.1) is 14.2 Å². The van der Waals surface area contributed by atoms with Crippen LogP contribution in [-0.2, 0) is 6.54 Å². The van der Waals surface area contributed by atoms with Crippen LogP contribution in [0.25, 0.3) is 0 Å². The molecule has 0 radical (unpaired) electrons. The Hall–Kier alpha value is -4.40. The van der Waals surface area contributed by atoms with Gasteiger partial charge in [0.2, 0.25) is 6.79 Å². The van der Waals surface area contributed by atoms with Gasteiger partial charge >= 0.3 is 6.03 Å². The topological polar surface area (TPSA) is 89.6 Å². The molecule has 1 fully saturated rings. The molecule has 9 nitrogen and oxygen atoms in total. The molecule has 2 heterocycles. The molecule has 0 unspecified atom stereocenters. The number of carbonyl (C=O) groups is 2. The lowest BCUT2D eigenvalue weighted by Crippen LogP contribution is -2.49. The number of benzene rings is 3. The van der Waals surface area contributed by atoms with Gasteiger partial charge in [-0.25, -0.2) is 4.79 Å². The number of amides is 3. The summed E-state index contributed by atoms with van der Waals surface area (Å²) in [5.41, 5.74) is 2.84. The molecule has 186 valence electrons. The number of fused-ring (bicyclic) bond motifs is 1. The first-order chi connectivity index (χ1) is 17.6. The van der Waals surface area contributed by atoms with Crippen LogP contribution in [0.2, 0.25) is 0 Å². The number of nitrogens with zero attached hydrogens (tertiary/aromatic N) is 2. The highest BCUT2D eigenvalue weighted by Gasteiger charge is 2.27. The third kappa shape index (κ3) is 4.72. The Bertz CT molecular complexity index is 1280. The summed E-state index contributed by atoms with van der Waals surface area (Å²) in [5, 5.41) is 2.88. The Kier molecular flexibility index (Phi) is 6.53. The summed E-state index contributed by atoms with van der Waals surface area (Å²) in [7, 11) is 3.07.